The van der Waals surface area contributed by atoms with Gasteiger partial charge in [-0.3, -0.25) is 0 Å². The molecule has 0 spiro atoms. The van der Waals surface area contributed by atoms with E-state index >= 15 is 0 Å². The maximum atomic E-state index is 12.2. The number of nitrogen functional groups attached to an aromatic ring is 1. The van der Waals surface area contributed by atoms with Crippen molar-refractivity contribution in [3.8, 4) is 0 Å². The average Bonchev–Trinajstić information content (AvgIpc) is 3.07. The molecule has 1 unspecified atom stereocenters. The zero-order valence-electron chi connectivity index (χ0n) is 10.5. The molecule has 1 aromatic carbocycles. The highest BCUT2D eigenvalue weighted by atomic mass is 35.5. The molecule has 1 atom stereocenters. The van der Waals surface area contributed by atoms with Gasteiger partial charge in [-0.25, -0.2) is 13.1 Å². The second-order valence-electron chi connectivity index (χ2n) is 4.97. The van der Waals surface area contributed by atoms with Crippen molar-refractivity contribution in [2.45, 2.75) is 24.7 Å². The molecule has 2 rings (SSSR count). The van der Waals surface area contributed by atoms with E-state index in [4.69, 9.17) is 28.9 Å². The minimum Gasteiger partial charge on any atom is -0.398 e. The standard InChI is InChI=1S/C12H16Cl2N2O2S/c1-7(8-2-3-8)6-16-19(17,18)12-10(14)4-9(13)5-11(12)15/h4-5,7-8,16H,2-3,6,15H2,1H3. The number of halogens is 2. The molecule has 0 aromatic heterocycles. The van der Waals surface area contributed by atoms with E-state index in [1.54, 1.807) is 0 Å². The number of sulfonamides is 1. The molecule has 0 saturated heterocycles. The topological polar surface area (TPSA) is 72.2 Å². The molecule has 0 amide bonds. The highest BCUT2D eigenvalue weighted by Gasteiger charge is 2.29. The Labute approximate surface area is 123 Å². The minimum atomic E-state index is -3.70. The third-order valence-electron chi connectivity index (χ3n) is 3.33. The van der Waals surface area contributed by atoms with E-state index in [2.05, 4.69) is 4.72 Å². The van der Waals surface area contributed by atoms with Gasteiger partial charge in [-0.15, -0.1) is 0 Å². The van der Waals surface area contributed by atoms with Crippen molar-refractivity contribution in [1.82, 2.24) is 4.72 Å². The van der Waals surface area contributed by atoms with Gasteiger partial charge in [-0.1, -0.05) is 30.1 Å². The molecular formula is C12H16Cl2N2O2S. The van der Waals surface area contributed by atoms with E-state index in [0.29, 0.717) is 23.4 Å². The quantitative estimate of drug-likeness (QED) is 0.819. The van der Waals surface area contributed by atoms with Crippen LogP contribution in [0.2, 0.25) is 10.0 Å². The maximum absolute atomic E-state index is 12.2. The van der Waals surface area contributed by atoms with Crippen molar-refractivity contribution in [3.05, 3.63) is 22.2 Å². The number of hydrogen-bond donors (Lipinski definition) is 2. The number of nitrogens with two attached hydrogens (primary N) is 1. The third-order valence-corrected chi connectivity index (χ3v) is 5.50. The van der Waals surface area contributed by atoms with Gasteiger partial charge in [-0.2, -0.15) is 0 Å². The molecule has 19 heavy (non-hydrogen) atoms. The van der Waals surface area contributed by atoms with Crippen LogP contribution in [0.25, 0.3) is 0 Å². The maximum Gasteiger partial charge on any atom is 0.244 e. The Kier molecular flexibility index (Phi) is 4.30. The Morgan fingerprint density at radius 3 is 2.58 bits per heavy atom. The van der Waals surface area contributed by atoms with Crippen molar-refractivity contribution in [3.63, 3.8) is 0 Å². The molecule has 0 radical (unpaired) electrons. The van der Waals surface area contributed by atoms with Crippen LogP contribution in [0.1, 0.15) is 19.8 Å². The SMILES string of the molecule is CC(CNS(=O)(=O)c1c(N)cc(Cl)cc1Cl)C1CC1. The Bertz CT molecular complexity index is 562. The van der Waals surface area contributed by atoms with Crippen molar-refractivity contribution < 1.29 is 8.42 Å². The molecule has 1 aliphatic carbocycles. The summed E-state index contributed by atoms with van der Waals surface area (Å²) in [6, 6.07) is 2.75. The minimum absolute atomic E-state index is 0.0385. The lowest BCUT2D eigenvalue weighted by Gasteiger charge is -2.14. The highest BCUT2D eigenvalue weighted by Crippen LogP contribution is 2.36. The van der Waals surface area contributed by atoms with E-state index in [1.165, 1.54) is 25.0 Å². The van der Waals surface area contributed by atoms with Gasteiger partial charge in [0.05, 0.1) is 10.7 Å². The molecule has 106 valence electrons. The molecule has 4 nitrogen and oxygen atoms in total. The van der Waals surface area contributed by atoms with Gasteiger partial charge >= 0.3 is 0 Å². The fourth-order valence-corrected chi connectivity index (χ4v) is 4.13. The first-order valence-electron chi connectivity index (χ1n) is 6.05. The number of rotatable bonds is 5. The van der Waals surface area contributed by atoms with Crippen LogP contribution in [0.15, 0.2) is 17.0 Å². The van der Waals surface area contributed by atoms with E-state index in [0.717, 1.165) is 0 Å². The molecule has 1 saturated carbocycles. The van der Waals surface area contributed by atoms with E-state index in [1.807, 2.05) is 6.92 Å². The predicted octanol–water partition coefficient (Wildman–Crippen LogP) is 2.90. The number of anilines is 1. The van der Waals surface area contributed by atoms with Crippen LogP contribution >= 0.6 is 23.2 Å². The smallest absolute Gasteiger partial charge is 0.244 e. The van der Waals surface area contributed by atoms with Crippen LogP contribution < -0.4 is 10.5 Å². The first-order chi connectivity index (χ1) is 8.81. The van der Waals surface area contributed by atoms with Gasteiger partial charge in [-0.05, 0) is 36.8 Å². The molecule has 1 fully saturated rings. The summed E-state index contributed by atoms with van der Waals surface area (Å²) < 4.78 is 27.0. The second kappa shape index (κ2) is 5.48. The molecule has 0 aliphatic heterocycles. The molecule has 0 bridgehead atoms. The summed E-state index contributed by atoms with van der Waals surface area (Å²) in [6.07, 6.45) is 2.35. The van der Waals surface area contributed by atoms with E-state index in [-0.39, 0.29) is 15.6 Å². The Hall–Kier alpha value is -0.490. The molecule has 7 heteroatoms. The zero-order valence-corrected chi connectivity index (χ0v) is 12.8. The van der Waals surface area contributed by atoms with Crippen LogP contribution in [0.3, 0.4) is 0 Å². The van der Waals surface area contributed by atoms with Crippen molar-refractivity contribution in [1.29, 1.82) is 0 Å². The molecule has 3 N–H and O–H groups in total. The third kappa shape index (κ3) is 3.54. The highest BCUT2D eigenvalue weighted by molar-refractivity contribution is 7.89. The van der Waals surface area contributed by atoms with Gasteiger partial charge in [0, 0.05) is 11.6 Å². The van der Waals surface area contributed by atoms with Gasteiger partial charge < -0.3 is 5.73 Å². The Balaban J connectivity index is 2.19. The lowest BCUT2D eigenvalue weighted by Crippen LogP contribution is -2.30. The van der Waals surface area contributed by atoms with Crippen LogP contribution in [-0.4, -0.2) is 15.0 Å². The van der Waals surface area contributed by atoms with E-state index in [9.17, 15) is 8.42 Å². The second-order valence-corrected chi connectivity index (χ2v) is 7.52. The fraction of sp³-hybridized carbons (Fsp3) is 0.500. The normalized spacial score (nSPS) is 17.4. The van der Waals surface area contributed by atoms with Crippen LogP contribution in [0.5, 0.6) is 0 Å². The van der Waals surface area contributed by atoms with Crippen LogP contribution in [0.4, 0.5) is 5.69 Å². The summed E-state index contributed by atoms with van der Waals surface area (Å²) >= 11 is 11.7. The monoisotopic (exact) mass is 322 g/mol. The van der Waals surface area contributed by atoms with Crippen molar-refractivity contribution in [2.75, 3.05) is 12.3 Å². The molecular weight excluding hydrogens is 307 g/mol. The summed E-state index contributed by atoms with van der Waals surface area (Å²) in [5, 5.41) is 0.351. The Morgan fingerprint density at radius 1 is 1.42 bits per heavy atom. The van der Waals surface area contributed by atoms with Gasteiger partial charge in [0.1, 0.15) is 4.90 Å². The largest absolute Gasteiger partial charge is 0.398 e. The van der Waals surface area contributed by atoms with Crippen LogP contribution in [-0.2, 0) is 10.0 Å². The molecule has 1 aliphatic rings. The van der Waals surface area contributed by atoms with Crippen molar-refractivity contribution >= 4 is 38.9 Å². The zero-order chi connectivity index (χ0) is 14.2. The van der Waals surface area contributed by atoms with Gasteiger partial charge in [0.25, 0.3) is 0 Å². The number of benzene rings is 1. The number of hydrogen-bond acceptors (Lipinski definition) is 3. The van der Waals surface area contributed by atoms with Gasteiger partial charge in [0.2, 0.25) is 10.0 Å². The van der Waals surface area contributed by atoms with Gasteiger partial charge in [0.15, 0.2) is 0 Å². The molecule has 1 aromatic rings. The van der Waals surface area contributed by atoms with Crippen LogP contribution in [0, 0.1) is 11.8 Å². The summed E-state index contributed by atoms with van der Waals surface area (Å²) in [7, 11) is -3.70. The predicted molar refractivity (Wildman–Crippen MR) is 78.0 cm³/mol. The van der Waals surface area contributed by atoms with E-state index < -0.39 is 10.0 Å². The summed E-state index contributed by atoms with van der Waals surface area (Å²) in [5.74, 6) is 0.947. The Morgan fingerprint density at radius 2 is 2.05 bits per heavy atom. The summed E-state index contributed by atoms with van der Waals surface area (Å²) in [5.41, 5.74) is 5.76. The first kappa shape index (κ1) is 14.9. The molecule has 0 heterocycles. The lowest BCUT2D eigenvalue weighted by atomic mass is 10.1. The summed E-state index contributed by atoms with van der Waals surface area (Å²) in [4.78, 5) is -0.0958. The average molecular weight is 323 g/mol. The fourth-order valence-electron chi connectivity index (χ4n) is 2.01. The van der Waals surface area contributed by atoms with Crippen molar-refractivity contribution in [2.24, 2.45) is 11.8 Å². The summed E-state index contributed by atoms with van der Waals surface area (Å²) in [6.45, 7) is 2.43. The lowest BCUT2D eigenvalue weighted by molar-refractivity contribution is 0.492. The number of nitrogens with one attached hydrogen (secondary N) is 1. The first-order valence-corrected chi connectivity index (χ1v) is 8.29.